The standard InChI is InChI=1S/C15H34NP.C2H3N3/c1-5-9-12-17(13-10-6-2)15(11-7-3)14(16)8-4;1-2-4-5-3-1/h14-15H,5-13,16H2,1-4H3;1-2H,(H,3,4,5). The van der Waals surface area contributed by atoms with Crippen molar-refractivity contribution in [1.29, 1.82) is 0 Å². The maximum absolute atomic E-state index is 6.36. The van der Waals surface area contributed by atoms with Crippen LogP contribution in [0.25, 0.3) is 0 Å². The van der Waals surface area contributed by atoms with Crippen LogP contribution in [0.4, 0.5) is 0 Å². The summed E-state index contributed by atoms with van der Waals surface area (Å²) in [6.45, 7) is 9.17. The third-order valence-electron chi connectivity index (χ3n) is 3.95. The first kappa shape index (κ1) is 21.5. The molecule has 1 aromatic heterocycles. The average molecular weight is 328 g/mol. The van der Waals surface area contributed by atoms with Gasteiger partial charge in [0.15, 0.2) is 0 Å². The Morgan fingerprint density at radius 2 is 1.50 bits per heavy atom. The van der Waals surface area contributed by atoms with Gasteiger partial charge < -0.3 is 5.73 Å². The smallest absolute Gasteiger partial charge is 0.0690 e. The summed E-state index contributed by atoms with van der Waals surface area (Å²) in [6, 6.07) is 0.453. The predicted octanol–water partition coefficient (Wildman–Crippen LogP) is 4.78. The lowest BCUT2D eigenvalue weighted by Crippen LogP contribution is -2.33. The summed E-state index contributed by atoms with van der Waals surface area (Å²) < 4.78 is 0. The van der Waals surface area contributed by atoms with Gasteiger partial charge in [-0.25, -0.2) is 0 Å². The fourth-order valence-corrected chi connectivity index (χ4v) is 6.28. The Balaban J connectivity index is 0.000000734. The highest BCUT2D eigenvalue weighted by atomic mass is 31.1. The molecule has 0 aliphatic rings. The Hall–Kier alpha value is -0.470. The first-order chi connectivity index (χ1) is 10.7. The van der Waals surface area contributed by atoms with Gasteiger partial charge in [0.2, 0.25) is 0 Å². The van der Waals surface area contributed by atoms with E-state index in [1.54, 1.807) is 12.4 Å². The number of hydrogen-bond acceptors (Lipinski definition) is 3. The number of nitrogens with two attached hydrogens (primary N) is 1. The Morgan fingerprint density at radius 1 is 0.955 bits per heavy atom. The maximum atomic E-state index is 6.36. The van der Waals surface area contributed by atoms with Crippen LogP contribution in [0.15, 0.2) is 12.4 Å². The van der Waals surface area contributed by atoms with Gasteiger partial charge in [-0.1, -0.05) is 47.0 Å². The van der Waals surface area contributed by atoms with Crippen molar-refractivity contribution in [3.63, 3.8) is 0 Å². The van der Waals surface area contributed by atoms with Gasteiger partial charge in [0.05, 0.1) is 12.4 Å². The number of nitrogens with zero attached hydrogens (tertiary/aromatic N) is 2. The SMILES string of the molecule is CCCCP(CCCC)C(CCC)C(N)CC.c1cn[nH]n1. The number of rotatable bonds is 11. The molecule has 4 nitrogen and oxygen atoms in total. The molecule has 0 aromatic carbocycles. The van der Waals surface area contributed by atoms with E-state index in [2.05, 4.69) is 43.1 Å². The lowest BCUT2D eigenvalue weighted by molar-refractivity contribution is 0.568. The molecule has 1 heterocycles. The van der Waals surface area contributed by atoms with Gasteiger partial charge in [0, 0.05) is 6.04 Å². The first-order valence-corrected chi connectivity index (χ1v) is 10.8. The topological polar surface area (TPSA) is 67.6 Å². The zero-order valence-corrected chi connectivity index (χ0v) is 16.0. The summed E-state index contributed by atoms with van der Waals surface area (Å²) in [5.74, 6) is 0. The van der Waals surface area contributed by atoms with E-state index < -0.39 is 0 Å². The summed E-state index contributed by atoms with van der Waals surface area (Å²) in [6.07, 6.45) is 15.4. The number of aromatic amines is 1. The molecule has 22 heavy (non-hydrogen) atoms. The summed E-state index contributed by atoms with van der Waals surface area (Å²) in [4.78, 5) is 0. The van der Waals surface area contributed by atoms with Crippen LogP contribution in [0.1, 0.15) is 72.6 Å². The van der Waals surface area contributed by atoms with Crippen molar-refractivity contribution in [2.75, 3.05) is 12.3 Å². The zero-order valence-electron chi connectivity index (χ0n) is 15.1. The zero-order chi connectivity index (χ0) is 16.6. The summed E-state index contributed by atoms with van der Waals surface area (Å²) >= 11 is 0. The highest BCUT2D eigenvalue weighted by molar-refractivity contribution is 7.58. The van der Waals surface area contributed by atoms with Gasteiger partial charge in [0.25, 0.3) is 0 Å². The molecule has 1 rings (SSSR count). The number of hydrogen-bond donors (Lipinski definition) is 2. The summed E-state index contributed by atoms with van der Waals surface area (Å²) in [7, 11) is 0.188. The van der Waals surface area contributed by atoms with E-state index in [9.17, 15) is 0 Å². The van der Waals surface area contributed by atoms with Crippen molar-refractivity contribution in [3.8, 4) is 0 Å². The van der Waals surface area contributed by atoms with Crippen LogP contribution < -0.4 is 5.73 Å². The quantitative estimate of drug-likeness (QED) is 0.574. The minimum atomic E-state index is 0.188. The van der Waals surface area contributed by atoms with Crippen molar-refractivity contribution >= 4 is 7.92 Å². The summed E-state index contributed by atoms with van der Waals surface area (Å²) in [5.41, 5.74) is 7.20. The molecule has 0 aliphatic carbocycles. The second-order valence-electron chi connectivity index (χ2n) is 5.83. The Labute approximate surface area is 138 Å². The number of nitrogens with one attached hydrogen (secondary N) is 1. The van der Waals surface area contributed by atoms with E-state index in [1.807, 2.05) is 0 Å². The minimum absolute atomic E-state index is 0.188. The van der Waals surface area contributed by atoms with Crippen LogP contribution in [-0.4, -0.2) is 39.4 Å². The Kier molecular flexibility index (Phi) is 15.1. The second-order valence-corrected chi connectivity index (χ2v) is 8.56. The molecule has 0 bridgehead atoms. The molecule has 0 radical (unpaired) electrons. The molecule has 0 saturated heterocycles. The van der Waals surface area contributed by atoms with Crippen LogP contribution in [0.5, 0.6) is 0 Å². The Bertz CT molecular complexity index is 280. The molecule has 0 amide bonds. The Morgan fingerprint density at radius 3 is 1.82 bits per heavy atom. The average Bonchev–Trinajstić information content (AvgIpc) is 3.12. The van der Waals surface area contributed by atoms with E-state index in [4.69, 9.17) is 5.73 Å². The molecular weight excluding hydrogens is 291 g/mol. The fraction of sp³-hybridized carbons (Fsp3) is 0.882. The lowest BCUT2D eigenvalue weighted by atomic mass is 10.1. The molecule has 0 fully saturated rings. The van der Waals surface area contributed by atoms with Crippen molar-refractivity contribution in [1.82, 2.24) is 15.4 Å². The van der Waals surface area contributed by atoms with Gasteiger partial charge in [-0.05, 0) is 43.7 Å². The molecule has 0 aliphatic heterocycles. The normalized spacial score (nSPS) is 13.5. The largest absolute Gasteiger partial charge is 0.327 e. The minimum Gasteiger partial charge on any atom is -0.327 e. The van der Waals surface area contributed by atoms with Gasteiger partial charge >= 0.3 is 0 Å². The van der Waals surface area contributed by atoms with Crippen LogP contribution in [-0.2, 0) is 0 Å². The molecule has 2 unspecified atom stereocenters. The fourth-order valence-electron chi connectivity index (χ4n) is 2.57. The van der Waals surface area contributed by atoms with Crippen molar-refractivity contribution < 1.29 is 0 Å². The van der Waals surface area contributed by atoms with E-state index in [1.165, 1.54) is 50.8 Å². The molecule has 5 heteroatoms. The molecule has 0 saturated carbocycles. The van der Waals surface area contributed by atoms with Crippen molar-refractivity contribution in [2.45, 2.75) is 84.3 Å². The number of unbranched alkanes of at least 4 members (excludes halogenated alkanes) is 2. The molecule has 0 spiro atoms. The number of H-pyrrole nitrogens is 1. The molecule has 2 atom stereocenters. The van der Waals surface area contributed by atoms with Crippen LogP contribution in [0.2, 0.25) is 0 Å². The third-order valence-corrected chi connectivity index (χ3v) is 7.31. The van der Waals surface area contributed by atoms with Crippen LogP contribution in [0.3, 0.4) is 0 Å². The van der Waals surface area contributed by atoms with E-state index in [-0.39, 0.29) is 7.92 Å². The molecule has 130 valence electrons. The van der Waals surface area contributed by atoms with Gasteiger partial charge in [-0.3, -0.25) is 0 Å². The van der Waals surface area contributed by atoms with E-state index >= 15 is 0 Å². The second kappa shape index (κ2) is 15.4. The highest BCUT2D eigenvalue weighted by Crippen LogP contribution is 2.46. The van der Waals surface area contributed by atoms with Gasteiger partial charge in [0.1, 0.15) is 0 Å². The van der Waals surface area contributed by atoms with Gasteiger partial charge in [-0.2, -0.15) is 15.4 Å². The van der Waals surface area contributed by atoms with Gasteiger partial charge in [-0.15, -0.1) is 7.92 Å². The van der Waals surface area contributed by atoms with Crippen molar-refractivity contribution in [2.24, 2.45) is 5.73 Å². The van der Waals surface area contributed by atoms with E-state index in [0.717, 1.165) is 12.1 Å². The van der Waals surface area contributed by atoms with Crippen LogP contribution >= 0.6 is 7.92 Å². The monoisotopic (exact) mass is 328 g/mol. The van der Waals surface area contributed by atoms with Crippen LogP contribution in [0, 0.1) is 0 Å². The predicted molar refractivity (Wildman–Crippen MR) is 99.8 cm³/mol. The summed E-state index contributed by atoms with van der Waals surface area (Å²) in [5, 5.41) is 9.33. The first-order valence-electron chi connectivity index (χ1n) is 9.00. The lowest BCUT2D eigenvalue weighted by Gasteiger charge is -2.32. The van der Waals surface area contributed by atoms with Crippen molar-refractivity contribution in [3.05, 3.63) is 12.4 Å². The number of aromatic nitrogens is 3. The molecule has 1 aromatic rings. The highest BCUT2D eigenvalue weighted by Gasteiger charge is 2.24. The van der Waals surface area contributed by atoms with E-state index in [0.29, 0.717) is 6.04 Å². The maximum Gasteiger partial charge on any atom is 0.0690 e. The third kappa shape index (κ3) is 10.3. The molecule has 3 N–H and O–H groups in total. The molecular formula is C17H37N4P.